The Bertz CT molecular complexity index is 2540. The van der Waals surface area contributed by atoms with Crippen LogP contribution in [0.1, 0.15) is 55.2 Å². The lowest BCUT2D eigenvalue weighted by Gasteiger charge is -2.47. The van der Waals surface area contributed by atoms with Gasteiger partial charge in [-0.05, 0) is 81.9 Å². The van der Waals surface area contributed by atoms with E-state index in [0.717, 1.165) is 28.1 Å². The predicted octanol–water partition coefficient (Wildman–Crippen LogP) is 5.24. The summed E-state index contributed by atoms with van der Waals surface area (Å²) in [5, 5.41) is 11.7. The van der Waals surface area contributed by atoms with Crippen LogP contribution in [-0.4, -0.2) is 61.6 Å². The molecule has 6 aliphatic rings. The molecule has 2 saturated heterocycles. The molecule has 1 aromatic carbocycles. The molecule has 13 nitrogen and oxygen atoms in total. The highest BCUT2D eigenvalue weighted by Crippen LogP contribution is 2.60. The monoisotopic (exact) mass is 740 g/mol. The minimum atomic E-state index is -1.14. The quantitative estimate of drug-likeness (QED) is 0.133. The molecule has 13 heteroatoms. The van der Waals surface area contributed by atoms with E-state index >= 15 is 0 Å². The number of aromatic nitrogens is 2. The van der Waals surface area contributed by atoms with E-state index in [1.54, 1.807) is 19.1 Å². The number of benzene rings is 1. The molecule has 5 N–H and O–H groups in total. The minimum Gasteiger partial charge on any atom is -0.507 e. The number of phenolic OH excluding ortho intramolecular Hbond substituents is 1. The molecular weight excluding hydrogens is 700 g/mol. The van der Waals surface area contributed by atoms with Gasteiger partial charge in [-0.25, -0.2) is 14.8 Å². The van der Waals surface area contributed by atoms with Gasteiger partial charge in [0.15, 0.2) is 11.0 Å². The van der Waals surface area contributed by atoms with E-state index in [0.29, 0.717) is 66.8 Å². The number of hydrogen-bond donors (Lipinski definition) is 3. The summed E-state index contributed by atoms with van der Waals surface area (Å²) in [5.41, 5.74) is 16.3. The number of hydrogen-bond acceptors (Lipinski definition) is 13. The van der Waals surface area contributed by atoms with Crippen molar-refractivity contribution in [3.8, 4) is 22.8 Å². The maximum absolute atomic E-state index is 14.3. The van der Waals surface area contributed by atoms with Gasteiger partial charge in [0, 0.05) is 53.1 Å². The van der Waals surface area contributed by atoms with Crippen LogP contribution < -0.4 is 21.6 Å². The Morgan fingerprint density at radius 2 is 1.87 bits per heavy atom. The summed E-state index contributed by atoms with van der Waals surface area (Å²) in [6.45, 7) is 6.72. The lowest BCUT2D eigenvalue weighted by Crippen LogP contribution is -2.55. The molecule has 1 aliphatic carbocycles. The van der Waals surface area contributed by atoms with Crippen LogP contribution in [0.2, 0.25) is 0 Å². The van der Waals surface area contributed by atoms with Crippen molar-refractivity contribution in [1.82, 2.24) is 14.9 Å². The molecule has 0 saturated carbocycles. The number of allylic oxidation sites excluding steroid dienone is 2. The van der Waals surface area contributed by atoms with Gasteiger partial charge in [-0.3, -0.25) is 9.79 Å². The van der Waals surface area contributed by atoms with Crippen LogP contribution in [0.5, 0.6) is 11.5 Å². The van der Waals surface area contributed by atoms with E-state index in [1.165, 1.54) is 6.07 Å². The van der Waals surface area contributed by atoms with Gasteiger partial charge in [0.1, 0.15) is 51.6 Å². The number of aliphatic imine (C=N–C) groups is 1. The van der Waals surface area contributed by atoms with Gasteiger partial charge in [0.2, 0.25) is 0 Å². The first-order chi connectivity index (χ1) is 26.4. The Morgan fingerprint density at radius 1 is 1.04 bits per heavy atom. The van der Waals surface area contributed by atoms with Crippen LogP contribution in [0.15, 0.2) is 86.8 Å². The zero-order valence-corrected chi connectivity index (χ0v) is 30.6. The summed E-state index contributed by atoms with van der Waals surface area (Å²) in [7, 11) is 0. The van der Waals surface area contributed by atoms with E-state index in [4.69, 9.17) is 30.1 Å². The van der Waals surface area contributed by atoms with E-state index < -0.39 is 29.2 Å². The third kappa shape index (κ3) is 5.35. The van der Waals surface area contributed by atoms with E-state index in [2.05, 4.69) is 38.2 Å². The Labute approximate surface area is 316 Å². The molecule has 0 radical (unpaired) electrons. The number of esters is 1. The zero-order chi connectivity index (χ0) is 38.0. The van der Waals surface area contributed by atoms with Gasteiger partial charge in [0.25, 0.3) is 0 Å². The number of fused-ring (bicyclic) bond motifs is 9. The van der Waals surface area contributed by atoms with Crippen molar-refractivity contribution >= 4 is 34.3 Å². The maximum atomic E-state index is 14.3. The molecule has 4 aromatic rings. The first kappa shape index (κ1) is 33.6. The van der Waals surface area contributed by atoms with Crippen LogP contribution in [-0.2, 0) is 27.2 Å². The van der Waals surface area contributed by atoms with Gasteiger partial charge in [-0.1, -0.05) is 12.2 Å². The smallest absolute Gasteiger partial charge is 0.342 e. The number of aryl methyl sites for hydroxylation is 2. The molecule has 3 aromatic heterocycles. The Balaban J connectivity index is 0.891. The fourth-order valence-corrected chi connectivity index (χ4v) is 9.46. The Morgan fingerprint density at radius 3 is 2.71 bits per heavy atom. The van der Waals surface area contributed by atoms with Crippen LogP contribution in [0.3, 0.4) is 0 Å². The van der Waals surface area contributed by atoms with E-state index in [1.807, 2.05) is 44.3 Å². The molecule has 8 heterocycles. The fourth-order valence-electron chi connectivity index (χ4n) is 9.46. The number of nitrogen functional groups attached to an aromatic ring is 2. The summed E-state index contributed by atoms with van der Waals surface area (Å²) >= 11 is 0. The summed E-state index contributed by atoms with van der Waals surface area (Å²) in [5.74, 6) is 0.162. The highest BCUT2D eigenvalue weighted by Gasteiger charge is 2.70. The van der Waals surface area contributed by atoms with Crippen molar-refractivity contribution in [1.29, 1.82) is 0 Å². The van der Waals surface area contributed by atoms with Crippen molar-refractivity contribution in [3.63, 3.8) is 0 Å². The number of aromatic hydroxyl groups is 1. The number of phenols is 1. The van der Waals surface area contributed by atoms with Crippen LogP contribution in [0.4, 0.5) is 11.6 Å². The van der Waals surface area contributed by atoms with Gasteiger partial charge >= 0.3 is 5.97 Å². The van der Waals surface area contributed by atoms with Gasteiger partial charge in [-0.2, -0.15) is 0 Å². The number of nitrogens with zero attached hydrogens (tertiary/aromatic N) is 4. The van der Waals surface area contributed by atoms with Gasteiger partial charge in [-0.15, -0.1) is 0 Å². The second-order valence-corrected chi connectivity index (χ2v) is 16.1. The number of rotatable bonds is 6. The third-order valence-corrected chi connectivity index (χ3v) is 11.9. The fraction of sp³-hybridized carbons (Fsp3) is 0.357. The Kier molecular flexibility index (Phi) is 7.19. The Hall–Kier alpha value is -5.95. The second-order valence-electron chi connectivity index (χ2n) is 16.1. The summed E-state index contributed by atoms with van der Waals surface area (Å²) in [6, 6.07) is 10.6. The lowest BCUT2D eigenvalue weighted by atomic mass is 9.71. The number of nitrogens with two attached hydrogens (primary N) is 2. The standard InChI is InChI=1S/C42H40N6O7/c1-20-10-29(49)36-30(52-20)16-31-37(38(36)50)35-22-5-6-25(13-22)42(40(51)53-39(35)41(2,3)54-31)32(55-42)7-4-21-11-27(47-33(43)12-21)24-14-26(46-34(44)15-24)18-48-17-23-8-9-45-28(23)19-48/h5-6,8-12,14-17,22,25,32,35,39,50H,4,7,13,18-19H2,1-3H3,(H2,43,47)(H2,44,46). The number of carbonyl (C=O) groups excluding carboxylic acids is 1. The first-order valence-electron chi connectivity index (χ1n) is 18.7. The average molecular weight is 741 g/mol. The van der Waals surface area contributed by atoms with Crippen molar-refractivity contribution in [3.05, 3.63) is 105 Å². The van der Waals surface area contributed by atoms with Crippen molar-refractivity contribution in [2.24, 2.45) is 16.8 Å². The number of anilines is 2. The number of pyridine rings is 2. The number of epoxide rings is 1. The summed E-state index contributed by atoms with van der Waals surface area (Å²) in [4.78, 5) is 43.1. The molecule has 6 unspecified atom stereocenters. The third-order valence-electron chi connectivity index (χ3n) is 11.9. The van der Waals surface area contributed by atoms with Gasteiger partial charge < -0.3 is 40.1 Å². The molecule has 10 rings (SSSR count). The van der Waals surface area contributed by atoms with Crippen LogP contribution >= 0.6 is 0 Å². The zero-order valence-electron chi connectivity index (χ0n) is 30.6. The number of ether oxygens (including phenoxy) is 3. The van der Waals surface area contributed by atoms with Crippen molar-refractivity contribution in [2.45, 2.75) is 75.9 Å². The number of carbonyl (C=O) groups is 1. The topological polar surface area (TPSA) is 192 Å². The van der Waals surface area contributed by atoms with Gasteiger partial charge in [0.05, 0.1) is 36.3 Å². The molecule has 2 bridgehead atoms. The molecule has 1 spiro atoms. The largest absolute Gasteiger partial charge is 0.507 e. The molecule has 2 fully saturated rings. The maximum Gasteiger partial charge on any atom is 0.342 e. The van der Waals surface area contributed by atoms with Crippen molar-refractivity contribution < 1.29 is 28.5 Å². The minimum absolute atomic E-state index is 0.0867. The van der Waals surface area contributed by atoms with Crippen LogP contribution in [0, 0.1) is 18.8 Å². The second kappa shape index (κ2) is 11.8. The molecule has 280 valence electrons. The molecule has 55 heavy (non-hydrogen) atoms. The predicted molar refractivity (Wildman–Crippen MR) is 204 cm³/mol. The van der Waals surface area contributed by atoms with E-state index in [-0.39, 0.29) is 40.1 Å². The lowest BCUT2D eigenvalue weighted by molar-refractivity contribution is -0.176. The average Bonchev–Trinajstić information content (AvgIpc) is 3.41. The first-order valence-corrected chi connectivity index (χ1v) is 18.7. The van der Waals surface area contributed by atoms with Crippen molar-refractivity contribution in [2.75, 3.05) is 18.0 Å². The highest BCUT2D eigenvalue weighted by molar-refractivity contribution is 6.07. The molecular formula is C42H40N6O7. The van der Waals surface area contributed by atoms with E-state index in [9.17, 15) is 14.7 Å². The normalized spacial score (nSPS) is 27.9. The van der Waals surface area contributed by atoms with Crippen LogP contribution in [0.25, 0.3) is 22.2 Å². The summed E-state index contributed by atoms with van der Waals surface area (Å²) < 4.78 is 25.0. The molecule has 5 aliphatic heterocycles. The molecule has 0 amide bonds. The summed E-state index contributed by atoms with van der Waals surface area (Å²) in [6.07, 6.45) is 10.6. The SMILES string of the molecule is Cc1cc(=O)c2c(O)c3c(cc2o1)OC(C)(C)C1OC(=O)C2(OC2CCc2cc(N)nc(-c4cc(N)nc(CN5C=C6C=CN=C6C5)c4)c2)C2C=CC(C2)C31. The highest BCUT2D eigenvalue weighted by atomic mass is 16.7. The molecule has 6 atom stereocenters.